The van der Waals surface area contributed by atoms with E-state index < -0.39 is 12.5 Å². The topological polar surface area (TPSA) is 52.5 Å². The molecule has 0 aliphatic heterocycles. The van der Waals surface area contributed by atoms with Crippen molar-refractivity contribution >= 4 is 0 Å². The lowest BCUT2D eigenvalue weighted by atomic mass is 10.2. The van der Waals surface area contributed by atoms with E-state index in [0.29, 0.717) is 0 Å². The van der Waals surface area contributed by atoms with Crippen LogP contribution in [0.5, 0.6) is 0 Å². The molecule has 3 heteroatoms. The van der Waals surface area contributed by atoms with Gasteiger partial charge < -0.3 is 10.2 Å². The average Bonchev–Trinajstić information content (AvgIpc) is 2.15. The Morgan fingerprint density at radius 1 is 0.857 bits per heavy atom. The van der Waals surface area contributed by atoms with Gasteiger partial charge in [-0.15, -0.1) is 0 Å². The second kappa shape index (κ2) is 9.44. The molecule has 0 aromatic heterocycles. The molecule has 0 bridgehead atoms. The Kier molecular flexibility index (Phi) is 9.35. The summed E-state index contributed by atoms with van der Waals surface area (Å²) in [4.78, 5) is 0. The smallest absolute Gasteiger partial charge is 0.106 e. The van der Waals surface area contributed by atoms with E-state index >= 15 is 0 Å². The summed E-state index contributed by atoms with van der Waals surface area (Å²) in [6.07, 6.45) is 5.75. The van der Waals surface area contributed by atoms with Gasteiger partial charge in [-0.2, -0.15) is 0 Å². The lowest BCUT2D eigenvalue weighted by molar-refractivity contribution is 0.0313. The Hall–Kier alpha value is -0.120. The molecule has 86 valence electrons. The molecule has 2 unspecified atom stereocenters. The first-order valence-corrected chi connectivity index (χ1v) is 5.82. The van der Waals surface area contributed by atoms with Crippen molar-refractivity contribution in [3.05, 3.63) is 0 Å². The SMILES string of the molecule is CCCCCC(O)NC(O)CCCC. The van der Waals surface area contributed by atoms with Gasteiger partial charge in [0.25, 0.3) is 0 Å². The van der Waals surface area contributed by atoms with Crippen LogP contribution in [0.15, 0.2) is 0 Å². The molecule has 0 rings (SSSR count). The third-order valence-corrected chi connectivity index (χ3v) is 2.30. The molecule has 14 heavy (non-hydrogen) atoms. The fraction of sp³-hybridized carbons (Fsp3) is 1.00. The van der Waals surface area contributed by atoms with Crippen molar-refractivity contribution in [1.29, 1.82) is 0 Å². The zero-order valence-electron chi connectivity index (χ0n) is 9.50. The maximum absolute atomic E-state index is 9.47. The summed E-state index contributed by atoms with van der Waals surface area (Å²) < 4.78 is 0. The molecule has 0 aromatic rings. The molecule has 0 aromatic carbocycles. The van der Waals surface area contributed by atoms with Crippen molar-refractivity contribution in [2.45, 2.75) is 71.2 Å². The second-order valence-corrected chi connectivity index (χ2v) is 3.84. The van der Waals surface area contributed by atoms with Gasteiger partial charge in [-0.25, -0.2) is 0 Å². The van der Waals surface area contributed by atoms with Crippen molar-refractivity contribution in [1.82, 2.24) is 5.32 Å². The van der Waals surface area contributed by atoms with Gasteiger partial charge in [-0.3, -0.25) is 5.32 Å². The molecular weight excluding hydrogens is 178 g/mol. The number of rotatable bonds is 9. The van der Waals surface area contributed by atoms with E-state index in [1.54, 1.807) is 0 Å². The number of hydrogen-bond acceptors (Lipinski definition) is 3. The minimum Gasteiger partial charge on any atom is -0.379 e. The van der Waals surface area contributed by atoms with Gasteiger partial charge in [0.2, 0.25) is 0 Å². The molecule has 3 N–H and O–H groups in total. The molecule has 0 radical (unpaired) electrons. The normalized spacial score (nSPS) is 15.4. The van der Waals surface area contributed by atoms with E-state index in [1.165, 1.54) is 0 Å². The summed E-state index contributed by atoms with van der Waals surface area (Å²) in [5, 5.41) is 21.7. The molecule has 0 amide bonds. The minimum atomic E-state index is -0.549. The zero-order valence-corrected chi connectivity index (χ0v) is 9.50. The summed E-state index contributed by atoms with van der Waals surface area (Å²) in [5.74, 6) is 0. The van der Waals surface area contributed by atoms with Crippen LogP contribution in [0.25, 0.3) is 0 Å². The molecule has 3 nitrogen and oxygen atoms in total. The van der Waals surface area contributed by atoms with Crippen LogP contribution < -0.4 is 5.32 Å². The minimum absolute atomic E-state index is 0.548. The molecule has 2 atom stereocenters. The van der Waals surface area contributed by atoms with Crippen LogP contribution in [0, 0.1) is 0 Å². The number of aliphatic hydroxyl groups excluding tert-OH is 2. The van der Waals surface area contributed by atoms with Crippen LogP contribution in [0.2, 0.25) is 0 Å². The van der Waals surface area contributed by atoms with Crippen molar-refractivity contribution in [2.75, 3.05) is 0 Å². The van der Waals surface area contributed by atoms with Gasteiger partial charge in [0.05, 0.1) is 0 Å². The number of hydrogen-bond donors (Lipinski definition) is 3. The van der Waals surface area contributed by atoms with Crippen LogP contribution in [-0.2, 0) is 0 Å². The van der Waals surface area contributed by atoms with Crippen molar-refractivity contribution in [3.8, 4) is 0 Å². The predicted octanol–water partition coefficient (Wildman–Crippen LogP) is 1.98. The summed E-state index contributed by atoms with van der Waals surface area (Å²) in [5.41, 5.74) is 0. The fourth-order valence-electron chi connectivity index (χ4n) is 1.37. The Bertz CT molecular complexity index is 120. The third-order valence-electron chi connectivity index (χ3n) is 2.30. The van der Waals surface area contributed by atoms with Crippen molar-refractivity contribution < 1.29 is 10.2 Å². The van der Waals surface area contributed by atoms with E-state index in [4.69, 9.17) is 0 Å². The van der Waals surface area contributed by atoms with Gasteiger partial charge in [0.15, 0.2) is 0 Å². The Balaban J connectivity index is 3.35. The third kappa shape index (κ3) is 8.48. The lowest BCUT2D eigenvalue weighted by Gasteiger charge is -2.17. The van der Waals surface area contributed by atoms with E-state index in [0.717, 1.165) is 44.9 Å². The molecule has 0 aliphatic rings. The first-order chi connectivity index (χ1) is 6.70. The highest BCUT2D eigenvalue weighted by Gasteiger charge is 2.08. The molecule has 0 spiro atoms. The summed E-state index contributed by atoms with van der Waals surface area (Å²) in [6, 6.07) is 0. The quantitative estimate of drug-likeness (QED) is 0.397. The first kappa shape index (κ1) is 13.9. The highest BCUT2D eigenvalue weighted by atomic mass is 16.3. The molecule has 0 fully saturated rings. The Morgan fingerprint density at radius 3 is 1.86 bits per heavy atom. The van der Waals surface area contributed by atoms with Gasteiger partial charge in [-0.1, -0.05) is 33.1 Å². The van der Waals surface area contributed by atoms with Gasteiger partial charge in [0, 0.05) is 0 Å². The summed E-state index contributed by atoms with van der Waals surface area (Å²) in [7, 11) is 0. The summed E-state index contributed by atoms with van der Waals surface area (Å²) in [6.45, 7) is 4.22. The highest BCUT2D eigenvalue weighted by molar-refractivity contribution is 4.58. The van der Waals surface area contributed by atoms with E-state index in [2.05, 4.69) is 19.2 Å². The molecule has 0 aliphatic carbocycles. The number of unbranched alkanes of at least 4 members (excludes halogenated alkanes) is 3. The molecule has 0 heterocycles. The largest absolute Gasteiger partial charge is 0.379 e. The van der Waals surface area contributed by atoms with Crippen LogP contribution in [0.3, 0.4) is 0 Å². The maximum atomic E-state index is 9.47. The molecule has 0 saturated carbocycles. The van der Waals surface area contributed by atoms with Crippen LogP contribution in [0.4, 0.5) is 0 Å². The predicted molar refractivity (Wildman–Crippen MR) is 58.8 cm³/mol. The van der Waals surface area contributed by atoms with E-state index in [-0.39, 0.29) is 0 Å². The van der Waals surface area contributed by atoms with E-state index in [1.807, 2.05) is 0 Å². The Labute approximate surface area is 87.5 Å². The highest BCUT2D eigenvalue weighted by Crippen LogP contribution is 2.03. The first-order valence-electron chi connectivity index (χ1n) is 5.82. The number of nitrogens with one attached hydrogen (secondary N) is 1. The summed E-state index contributed by atoms with van der Waals surface area (Å²) >= 11 is 0. The average molecular weight is 203 g/mol. The van der Waals surface area contributed by atoms with Crippen LogP contribution in [0.1, 0.15) is 58.8 Å². The maximum Gasteiger partial charge on any atom is 0.106 e. The molecule has 0 saturated heterocycles. The van der Waals surface area contributed by atoms with Crippen molar-refractivity contribution in [2.24, 2.45) is 0 Å². The van der Waals surface area contributed by atoms with E-state index in [9.17, 15) is 10.2 Å². The van der Waals surface area contributed by atoms with Crippen molar-refractivity contribution in [3.63, 3.8) is 0 Å². The number of aliphatic hydroxyl groups is 2. The Morgan fingerprint density at radius 2 is 1.36 bits per heavy atom. The lowest BCUT2D eigenvalue weighted by Crippen LogP contribution is -2.38. The van der Waals surface area contributed by atoms with Gasteiger partial charge >= 0.3 is 0 Å². The molecular formula is C11H25NO2. The zero-order chi connectivity index (χ0) is 10.8. The van der Waals surface area contributed by atoms with Crippen LogP contribution >= 0.6 is 0 Å². The van der Waals surface area contributed by atoms with Gasteiger partial charge in [-0.05, 0) is 25.7 Å². The monoisotopic (exact) mass is 203 g/mol. The standard InChI is InChI=1S/C11H25NO2/c1-3-5-7-9-11(14)12-10(13)8-6-4-2/h10-14H,3-9H2,1-2H3. The fourth-order valence-corrected chi connectivity index (χ4v) is 1.37. The second-order valence-electron chi connectivity index (χ2n) is 3.84. The van der Waals surface area contributed by atoms with Gasteiger partial charge in [0.1, 0.15) is 12.5 Å². The van der Waals surface area contributed by atoms with Crippen LogP contribution in [-0.4, -0.2) is 22.7 Å².